The number of nitrogens with two attached hydrogens (primary N) is 1. The standard InChI is InChI=1S/C14H14F3N3O2S/c1-19-13(21)8-5-23-12-9(14(15,16)17)4-10(20-11(8)12)22-7-2-6(18)3-7/h4-7H,2-3,18H2,1H3,(H,19,21). The minimum absolute atomic E-state index is 0.00259. The first-order valence-electron chi connectivity index (χ1n) is 6.93. The summed E-state index contributed by atoms with van der Waals surface area (Å²) in [5.74, 6) is -0.620. The Balaban J connectivity index is 2.08. The number of hydrogen-bond donors (Lipinski definition) is 2. The Hall–Kier alpha value is -1.87. The van der Waals surface area contributed by atoms with Gasteiger partial charge in [-0.3, -0.25) is 4.79 Å². The molecule has 1 amide bonds. The Morgan fingerprint density at radius 3 is 2.74 bits per heavy atom. The van der Waals surface area contributed by atoms with Crippen molar-refractivity contribution in [2.45, 2.75) is 31.2 Å². The fourth-order valence-corrected chi connectivity index (χ4v) is 3.45. The maximum atomic E-state index is 13.3. The fraction of sp³-hybridized carbons (Fsp3) is 0.429. The third kappa shape index (κ3) is 2.98. The fourth-order valence-electron chi connectivity index (χ4n) is 2.43. The van der Waals surface area contributed by atoms with E-state index in [1.54, 1.807) is 0 Å². The number of rotatable bonds is 3. The third-order valence-electron chi connectivity index (χ3n) is 3.70. The molecule has 5 nitrogen and oxygen atoms in total. The molecular formula is C14H14F3N3O2S. The molecule has 0 radical (unpaired) electrons. The van der Waals surface area contributed by atoms with Crippen LogP contribution >= 0.6 is 11.3 Å². The maximum Gasteiger partial charge on any atom is 0.418 e. The van der Waals surface area contributed by atoms with Crippen molar-refractivity contribution >= 4 is 27.5 Å². The minimum atomic E-state index is -4.56. The van der Waals surface area contributed by atoms with Gasteiger partial charge in [-0.2, -0.15) is 13.2 Å². The summed E-state index contributed by atoms with van der Waals surface area (Å²) < 4.78 is 45.3. The highest BCUT2D eigenvalue weighted by Crippen LogP contribution is 2.40. The number of halogens is 3. The Kier molecular flexibility index (Phi) is 3.93. The van der Waals surface area contributed by atoms with E-state index in [1.165, 1.54) is 12.4 Å². The van der Waals surface area contributed by atoms with Gasteiger partial charge in [0.1, 0.15) is 6.10 Å². The molecule has 0 aliphatic heterocycles. The van der Waals surface area contributed by atoms with Crippen LogP contribution in [0.2, 0.25) is 0 Å². The van der Waals surface area contributed by atoms with Crippen molar-refractivity contribution in [3.05, 3.63) is 22.6 Å². The van der Waals surface area contributed by atoms with Crippen molar-refractivity contribution in [1.82, 2.24) is 10.3 Å². The molecule has 0 bridgehead atoms. The number of hydrogen-bond acceptors (Lipinski definition) is 5. The van der Waals surface area contributed by atoms with Crippen molar-refractivity contribution in [3.63, 3.8) is 0 Å². The van der Waals surface area contributed by atoms with E-state index in [1.807, 2.05) is 0 Å². The number of fused-ring (bicyclic) bond motifs is 1. The zero-order valence-electron chi connectivity index (χ0n) is 12.1. The Morgan fingerprint density at radius 2 is 2.17 bits per heavy atom. The molecule has 124 valence electrons. The second-order valence-corrected chi connectivity index (χ2v) is 6.26. The second kappa shape index (κ2) is 5.64. The van der Waals surface area contributed by atoms with Crippen LogP contribution in [0.25, 0.3) is 10.2 Å². The van der Waals surface area contributed by atoms with Gasteiger partial charge in [-0.05, 0) is 12.8 Å². The smallest absolute Gasteiger partial charge is 0.418 e. The molecule has 1 saturated carbocycles. The van der Waals surface area contributed by atoms with Gasteiger partial charge >= 0.3 is 6.18 Å². The topological polar surface area (TPSA) is 77.2 Å². The van der Waals surface area contributed by atoms with Gasteiger partial charge in [0.2, 0.25) is 5.88 Å². The van der Waals surface area contributed by atoms with Crippen LogP contribution in [0, 0.1) is 0 Å². The molecule has 23 heavy (non-hydrogen) atoms. The number of nitrogens with zero attached hydrogens (tertiary/aromatic N) is 1. The van der Waals surface area contributed by atoms with E-state index in [2.05, 4.69) is 10.3 Å². The first-order chi connectivity index (χ1) is 10.8. The molecule has 0 unspecified atom stereocenters. The molecule has 0 saturated heterocycles. The minimum Gasteiger partial charge on any atom is -0.474 e. The third-order valence-corrected chi connectivity index (χ3v) is 4.70. The molecule has 3 N–H and O–H groups in total. The molecule has 0 spiro atoms. The van der Waals surface area contributed by atoms with Gasteiger partial charge in [0.05, 0.1) is 21.3 Å². The first-order valence-corrected chi connectivity index (χ1v) is 7.81. The molecule has 9 heteroatoms. The molecule has 3 rings (SSSR count). The maximum absolute atomic E-state index is 13.3. The van der Waals surface area contributed by atoms with Gasteiger partial charge in [-0.25, -0.2) is 4.98 Å². The van der Waals surface area contributed by atoms with Crippen molar-refractivity contribution < 1.29 is 22.7 Å². The van der Waals surface area contributed by atoms with Gasteiger partial charge in [-0.15, -0.1) is 11.3 Å². The van der Waals surface area contributed by atoms with Gasteiger partial charge in [0.15, 0.2) is 0 Å². The van der Waals surface area contributed by atoms with E-state index in [-0.39, 0.29) is 33.8 Å². The number of carbonyl (C=O) groups is 1. The van der Waals surface area contributed by atoms with Gasteiger partial charge < -0.3 is 15.8 Å². The van der Waals surface area contributed by atoms with E-state index in [9.17, 15) is 18.0 Å². The van der Waals surface area contributed by atoms with Crippen LogP contribution in [-0.2, 0) is 6.18 Å². The highest BCUT2D eigenvalue weighted by atomic mass is 32.1. The van der Waals surface area contributed by atoms with E-state index in [0.717, 1.165) is 17.4 Å². The summed E-state index contributed by atoms with van der Waals surface area (Å²) in [5, 5.41) is 3.77. The lowest BCUT2D eigenvalue weighted by atomic mass is 9.90. The normalized spacial score (nSPS) is 21.1. The Bertz CT molecular complexity index is 754. The number of carbonyl (C=O) groups excluding carboxylic acids is 1. The SMILES string of the molecule is CNC(=O)c1csc2c(C(F)(F)F)cc(OC3CC(N)C3)nc12. The number of ether oxygens (including phenoxy) is 1. The molecule has 1 aliphatic carbocycles. The van der Waals surface area contributed by atoms with E-state index < -0.39 is 17.6 Å². The van der Waals surface area contributed by atoms with Crippen LogP contribution in [0.15, 0.2) is 11.4 Å². The number of nitrogens with one attached hydrogen (secondary N) is 1. The quantitative estimate of drug-likeness (QED) is 0.896. The predicted molar refractivity (Wildman–Crippen MR) is 79.6 cm³/mol. The average molecular weight is 345 g/mol. The number of pyridine rings is 1. The van der Waals surface area contributed by atoms with Gasteiger partial charge in [-0.1, -0.05) is 0 Å². The van der Waals surface area contributed by atoms with Crippen molar-refractivity contribution in [2.75, 3.05) is 7.05 Å². The van der Waals surface area contributed by atoms with Crippen LogP contribution in [0.1, 0.15) is 28.8 Å². The summed E-state index contributed by atoms with van der Waals surface area (Å²) >= 11 is 0.840. The molecule has 0 aromatic carbocycles. The molecule has 2 heterocycles. The predicted octanol–water partition coefficient (Wildman–Crippen LogP) is 2.54. The molecule has 2 aromatic heterocycles. The molecular weight excluding hydrogens is 331 g/mol. The molecule has 1 aliphatic rings. The second-order valence-electron chi connectivity index (χ2n) is 5.38. The van der Waals surface area contributed by atoms with E-state index >= 15 is 0 Å². The summed E-state index contributed by atoms with van der Waals surface area (Å²) in [6.07, 6.45) is -3.64. The lowest BCUT2D eigenvalue weighted by molar-refractivity contribution is -0.136. The van der Waals surface area contributed by atoms with Gasteiger partial charge in [0, 0.05) is 24.5 Å². The lowest BCUT2D eigenvalue weighted by Crippen LogP contribution is -2.43. The van der Waals surface area contributed by atoms with Crippen LogP contribution in [-0.4, -0.2) is 30.1 Å². The summed E-state index contributed by atoms with van der Waals surface area (Å²) in [4.78, 5) is 15.9. The summed E-state index contributed by atoms with van der Waals surface area (Å²) in [7, 11) is 1.41. The van der Waals surface area contributed by atoms with Crippen molar-refractivity contribution in [3.8, 4) is 5.88 Å². The summed E-state index contributed by atoms with van der Waals surface area (Å²) in [6.45, 7) is 0. The zero-order valence-corrected chi connectivity index (χ0v) is 12.9. The first kappa shape index (κ1) is 16.0. The monoisotopic (exact) mass is 345 g/mol. The van der Waals surface area contributed by atoms with Crippen LogP contribution < -0.4 is 15.8 Å². The highest BCUT2D eigenvalue weighted by molar-refractivity contribution is 7.17. The highest BCUT2D eigenvalue weighted by Gasteiger charge is 2.36. The lowest BCUT2D eigenvalue weighted by Gasteiger charge is -2.32. The molecule has 2 aromatic rings. The van der Waals surface area contributed by atoms with Gasteiger partial charge in [0.25, 0.3) is 5.91 Å². The number of thiophene rings is 1. The molecule has 1 fully saturated rings. The number of alkyl halides is 3. The van der Waals surface area contributed by atoms with Crippen LogP contribution in [0.5, 0.6) is 5.88 Å². The summed E-state index contributed by atoms with van der Waals surface area (Å²) in [6, 6.07) is 0.893. The van der Waals surface area contributed by atoms with Crippen LogP contribution in [0.4, 0.5) is 13.2 Å². The van der Waals surface area contributed by atoms with Crippen molar-refractivity contribution in [1.29, 1.82) is 0 Å². The Labute approximate surface area is 133 Å². The average Bonchev–Trinajstić information content (AvgIpc) is 2.86. The van der Waals surface area contributed by atoms with E-state index in [4.69, 9.17) is 10.5 Å². The van der Waals surface area contributed by atoms with E-state index in [0.29, 0.717) is 12.8 Å². The number of aromatic nitrogens is 1. The number of amides is 1. The zero-order chi connectivity index (χ0) is 16.8. The molecule has 0 atom stereocenters. The largest absolute Gasteiger partial charge is 0.474 e. The Morgan fingerprint density at radius 1 is 1.48 bits per heavy atom. The summed E-state index contributed by atoms with van der Waals surface area (Å²) in [5.41, 5.74) is 4.91. The van der Waals surface area contributed by atoms with Crippen LogP contribution in [0.3, 0.4) is 0 Å². The van der Waals surface area contributed by atoms with Crippen molar-refractivity contribution in [2.24, 2.45) is 5.73 Å².